The fraction of sp³-hybridized carbons (Fsp3) is 0.625. The van der Waals surface area contributed by atoms with Crippen molar-refractivity contribution in [2.24, 2.45) is 18.7 Å². The van der Waals surface area contributed by atoms with Crippen LogP contribution in [0.1, 0.15) is 5.69 Å². The molecule has 0 saturated carbocycles. The maximum Gasteiger partial charge on any atom is 0.0628 e. The zero-order chi connectivity index (χ0) is 8.97. The summed E-state index contributed by atoms with van der Waals surface area (Å²) in [5.74, 6) is 0.139. The predicted molar refractivity (Wildman–Crippen MR) is 46.5 cm³/mol. The molecule has 68 valence electrons. The van der Waals surface area contributed by atoms with Gasteiger partial charge in [0, 0.05) is 19.9 Å². The van der Waals surface area contributed by atoms with Gasteiger partial charge in [-0.3, -0.25) is 4.68 Å². The van der Waals surface area contributed by atoms with E-state index in [1.807, 2.05) is 19.3 Å². The average molecular weight is 169 g/mol. The third-order valence-electron chi connectivity index (χ3n) is 1.86. The van der Waals surface area contributed by atoms with E-state index in [0.717, 1.165) is 12.1 Å². The van der Waals surface area contributed by atoms with E-state index in [9.17, 15) is 0 Å². The van der Waals surface area contributed by atoms with Gasteiger partial charge in [0.2, 0.25) is 0 Å². The molecule has 0 saturated heterocycles. The first-order valence-corrected chi connectivity index (χ1v) is 4.05. The Morgan fingerprint density at radius 2 is 2.50 bits per heavy atom. The quantitative estimate of drug-likeness (QED) is 0.640. The largest absolute Gasteiger partial charge is 0.396 e. The molecule has 0 aliphatic heterocycles. The summed E-state index contributed by atoms with van der Waals surface area (Å²) in [5.41, 5.74) is 6.43. The third-order valence-corrected chi connectivity index (χ3v) is 1.86. The normalized spacial score (nSPS) is 13.2. The Hall–Kier alpha value is -0.870. The van der Waals surface area contributed by atoms with Gasteiger partial charge in [0.1, 0.15) is 0 Å². The van der Waals surface area contributed by atoms with Crippen molar-refractivity contribution in [1.29, 1.82) is 0 Å². The van der Waals surface area contributed by atoms with Crippen molar-refractivity contribution in [3.8, 4) is 0 Å². The third kappa shape index (κ3) is 2.32. The molecule has 4 nitrogen and oxygen atoms in total. The molecule has 0 fully saturated rings. The van der Waals surface area contributed by atoms with Crippen LogP contribution in [0.5, 0.6) is 0 Å². The van der Waals surface area contributed by atoms with Gasteiger partial charge in [-0.05, 0) is 24.9 Å². The summed E-state index contributed by atoms with van der Waals surface area (Å²) in [4.78, 5) is 0. The molecule has 1 aromatic rings. The highest BCUT2D eigenvalue weighted by Gasteiger charge is 2.07. The lowest BCUT2D eigenvalue weighted by molar-refractivity contribution is 0.229. The first-order valence-electron chi connectivity index (χ1n) is 4.05. The lowest BCUT2D eigenvalue weighted by atomic mass is 10.1. The summed E-state index contributed by atoms with van der Waals surface area (Å²) in [6.45, 7) is 0.639. The van der Waals surface area contributed by atoms with Crippen molar-refractivity contribution >= 4 is 0 Å². The van der Waals surface area contributed by atoms with E-state index >= 15 is 0 Å². The number of nitrogens with two attached hydrogens (primary N) is 1. The summed E-state index contributed by atoms with van der Waals surface area (Å²) in [5, 5.41) is 13.1. The summed E-state index contributed by atoms with van der Waals surface area (Å²) < 4.78 is 1.75. The van der Waals surface area contributed by atoms with Gasteiger partial charge in [0.15, 0.2) is 0 Å². The molecule has 1 rings (SSSR count). The minimum atomic E-state index is 0.132. The molecule has 0 aliphatic rings. The van der Waals surface area contributed by atoms with Crippen LogP contribution in [0.15, 0.2) is 12.3 Å². The minimum absolute atomic E-state index is 0.132. The molecule has 1 atom stereocenters. The van der Waals surface area contributed by atoms with Gasteiger partial charge in [0.05, 0.1) is 5.69 Å². The van der Waals surface area contributed by atoms with Crippen molar-refractivity contribution in [2.45, 2.75) is 6.42 Å². The maximum atomic E-state index is 8.88. The Kier molecular flexibility index (Phi) is 3.25. The van der Waals surface area contributed by atoms with Crippen LogP contribution < -0.4 is 5.73 Å². The Morgan fingerprint density at radius 3 is 2.92 bits per heavy atom. The number of hydrogen-bond acceptors (Lipinski definition) is 3. The van der Waals surface area contributed by atoms with Gasteiger partial charge in [-0.2, -0.15) is 5.10 Å². The van der Waals surface area contributed by atoms with Crippen molar-refractivity contribution in [1.82, 2.24) is 9.78 Å². The highest BCUT2D eigenvalue weighted by atomic mass is 16.3. The molecule has 1 heterocycles. The van der Waals surface area contributed by atoms with E-state index < -0.39 is 0 Å². The Labute approximate surface area is 72.0 Å². The standard InChI is InChI=1S/C8H15N3O/c1-11-3-2-8(10-11)4-7(5-9)6-12/h2-3,7,12H,4-6,9H2,1H3. The summed E-state index contributed by atoms with van der Waals surface area (Å²) in [7, 11) is 1.87. The van der Waals surface area contributed by atoms with Crippen LogP contribution in [0.3, 0.4) is 0 Å². The maximum absolute atomic E-state index is 8.88. The summed E-state index contributed by atoms with van der Waals surface area (Å²) in [6.07, 6.45) is 2.65. The van der Waals surface area contributed by atoms with Crippen LogP contribution in [-0.2, 0) is 13.5 Å². The zero-order valence-electron chi connectivity index (χ0n) is 7.27. The zero-order valence-corrected chi connectivity index (χ0v) is 7.27. The molecule has 1 unspecified atom stereocenters. The lowest BCUT2D eigenvalue weighted by Gasteiger charge is -2.07. The molecule has 0 amide bonds. The molecule has 0 aromatic carbocycles. The predicted octanol–water partition coefficient (Wildman–Crippen LogP) is -0.470. The number of rotatable bonds is 4. The number of aliphatic hydroxyl groups excluding tert-OH is 1. The summed E-state index contributed by atoms with van der Waals surface area (Å²) >= 11 is 0. The van der Waals surface area contributed by atoms with E-state index in [4.69, 9.17) is 10.8 Å². The Balaban J connectivity index is 2.50. The average Bonchev–Trinajstić information content (AvgIpc) is 2.47. The topological polar surface area (TPSA) is 64.1 Å². The number of aliphatic hydroxyl groups is 1. The van der Waals surface area contributed by atoms with Gasteiger partial charge < -0.3 is 10.8 Å². The van der Waals surface area contributed by atoms with Crippen LogP contribution in [-0.4, -0.2) is 28.0 Å². The molecule has 0 radical (unpaired) electrons. The summed E-state index contributed by atoms with van der Waals surface area (Å²) in [6, 6.07) is 1.94. The Morgan fingerprint density at radius 1 is 1.75 bits per heavy atom. The van der Waals surface area contributed by atoms with Crippen molar-refractivity contribution in [2.75, 3.05) is 13.2 Å². The molecule has 3 N–H and O–H groups in total. The van der Waals surface area contributed by atoms with Crippen molar-refractivity contribution < 1.29 is 5.11 Å². The van der Waals surface area contributed by atoms with Crippen molar-refractivity contribution in [3.63, 3.8) is 0 Å². The second-order valence-electron chi connectivity index (χ2n) is 2.97. The number of hydrogen-bond donors (Lipinski definition) is 2. The van der Waals surface area contributed by atoms with Gasteiger partial charge >= 0.3 is 0 Å². The first-order chi connectivity index (χ1) is 5.76. The highest BCUT2D eigenvalue weighted by Crippen LogP contribution is 2.03. The number of aryl methyl sites for hydroxylation is 1. The van der Waals surface area contributed by atoms with Gasteiger partial charge in [-0.15, -0.1) is 0 Å². The van der Waals surface area contributed by atoms with E-state index in [2.05, 4.69) is 5.10 Å². The minimum Gasteiger partial charge on any atom is -0.396 e. The Bertz CT molecular complexity index is 230. The van der Waals surface area contributed by atoms with Gasteiger partial charge in [-0.1, -0.05) is 0 Å². The molecule has 1 aromatic heterocycles. The monoisotopic (exact) mass is 169 g/mol. The highest BCUT2D eigenvalue weighted by molar-refractivity contribution is 4.99. The van der Waals surface area contributed by atoms with Crippen LogP contribution >= 0.6 is 0 Å². The first kappa shape index (κ1) is 9.22. The molecule has 0 bridgehead atoms. The van der Waals surface area contributed by atoms with E-state index in [1.54, 1.807) is 4.68 Å². The second kappa shape index (κ2) is 4.23. The van der Waals surface area contributed by atoms with Crippen LogP contribution in [0.2, 0.25) is 0 Å². The van der Waals surface area contributed by atoms with E-state index in [0.29, 0.717) is 6.54 Å². The second-order valence-corrected chi connectivity index (χ2v) is 2.97. The molecule has 12 heavy (non-hydrogen) atoms. The molecular weight excluding hydrogens is 154 g/mol. The lowest BCUT2D eigenvalue weighted by Crippen LogP contribution is -2.20. The van der Waals surface area contributed by atoms with E-state index in [1.165, 1.54) is 0 Å². The van der Waals surface area contributed by atoms with Crippen molar-refractivity contribution in [3.05, 3.63) is 18.0 Å². The fourth-order valence-corrected chi connectivity index (χ4v) is 1.09. The number of nitrogens with zero attached hydrogens (tertiary/aromatic N) is 2. The molecule has 4 heteroatoms. The van der Waals surface area contributed by atoms with E-state index in [-0.39, 0.29) is 12.5 Å². The smallest absolute Gasteiger partial charge is 0.0628 e. The van der Waals surface area contributed by atoms with Crippen LogP contribution in [0.4, 0.5) is 0 Å². The fourth-order valence-electron chi connectivity index (χ4n) is 1.09. The SMILES string of the molecule is Cn1ccc(CC(CN)CO)n1. The number of aromatic nitrogens is 2. The molecule has 0 aliphatic carbocycles. The van der Waals surface area contributed by atoms with Crippen LogP contribution in [0, 0.1) is 5.92 Å². The van der Waals surface area contributed by atoms with Crippen LogP contribution in [0.25, 0.3) is 0 Å². The van der Waals surface area contributed by atoms with Gasteiger partial charge in [-0.25, -0.2) is 0 Å². The molecular formula is C8H15N3O. The molecule has 0 spiro atoms. The van der Waals surface area contributed by atoms with Gasteiger partial charge in [0.25, 0.3) is 0 Å².